The Hall–Kier alpha value is -1.31. The van der Waals surface area contributed by atoms with Gasteiger partial charge in [-0.1, -0.05) is 13.8 Å². The summed E-state index contributed by atoms with van der Waals surface area (Å²) in [6, 6.07) is 5.61. The molecule has 0 amide bonds. The Kier molecular flexibility index (Phi) is 3.69. The molecule has 0 saturated heterocycles. The molecule has 2 heteroatoms. The van der Waals surface area contributed by atoms with Gasteiger partial charge < -0.3 is 4.74 Å². The summed E-state index contributed by atoms with van der Waals surface area (Å²) >= 11 is 0. The average Bonchev–Trinajstić information content (AvgIpc) is 2.26. The van der Waals surface area contributed by atoms with Crippen LogP contribution in [0.2, 0.25) is 0 Å². The minimum Gasteiger partial charge on any atom is -0.496 e. The van der Waals surface area contributed by atoms with E-state index >= 15 is 0 Å². The highest BCUT2D eigenvalue weighted by Crippen LogP contribution is 2.20. The Bertz CT molecular complexity index is 329. The molecule has 0 radical (unpaired) electrons. The number of methoxy groups -OCH3 is 1. The van der Waals surface area contributed by atoms with Gasteiger partial charge in [0.1, 0.15) is 5.75 Å². The lowest BCUT2D eigenvalue weighted by atomic mass is 10.0. The van der Waals surface area contributed by atoms with Crippen molar-refractivity contribution in [1.29, 1.82) is 0 Å². The number of ketones is 1. The maximum atomic E-state index is 11.4. The molecule has 0 aromatic heterocycles. The standard InChI is InChI=1S/C12H16O2/c1-4-9-8-10(11(13)5-2)6-7-12(9)14-3/h6-8H,4-5H2,1-3H3. The molecule has 0 heterocycles. The van der Waals surface area contributed by atoms with Crippen LogP contribution in [0.25, 0.3) is 0 Å². The Morgan fingerprint density at radius 3 is 2.57 bits per heavy atom. The molecule has 0 atom stereocenters. The summed E-state index contributed by atoms with van der Waals surface area (Å²) in [5.41, 5.74) is 1.87. The van der Waals surface area contributed by atoms with Gasteiger partial charge in [0.15, 0.2) is 5.78 Å². The first-order valence-corrected chi connectivity index (χ1v) is 4.93. The molecule has 0 aliphatic heterocycles. The summed E-state index contributed by atoms with van der Waals surface area (Å²) in [6.07, 6.45) is 1.43. The van der Waals surface area contributed by atoms with E-state index < -0.39 is 0 Å². The Morgan fingerprint density at radius 1 is 1.36 bits per heavy atom. The lowest BCUT2D eigenvalue weighted by molar-refractivity contribution is 0.0988. The van der Waals surface area contributed by atoms with Gasteiger partial charge in [-0.2, -0.15) is 0 Å². The van der Waals surface area contributed by atoms with Crippen molar-refractivity contribution in [3.05, 3.63) is 29.3 Å². The topological polar surface area (TPSA) is 26.3 Å². The maximum absolute atomic E-state index is 11.4. The fourth-order valence-corrected chi connectivity index (χ4v) is 1.43. The van der Waals surface area contributed by atoms with Crippen molar-refractivity contribution in [3.63, 3.8) is 0 Å². The summed E-state index contributed by atoms with van der Waals surface area (Å²) < 4.78 is 5.19. The van der Waals surface area contributed by atoms with E-state index in [0.29, 0.717) is 6.42 Å². The first kappa shape index (κ1) is 10.8. The van der Waals surface area contributed by atoms with Gasteiger partial charge in [-0.15, -0.1) is 0 Å². The van der Waals surface area contributed by atoms with Crippen LogP contribution in [0, 0.1) is 0 Å². The van der Waals surface area contributed by atoms with E-state index in [9.17, 15) is 4.79 Å². The summed E-state index contributed by atoms with van der Waals surface area (Å²) in [5.74, 6) is 1.04. The van der Waals surface area contributed by atoms with Crippen LogP contribution >= 0.6 is 0 Å². The van der Waals surface area contributed by atoms with E-state index in [2.05, 4.69) is 6.92 Å². The van der Waals surface area contributed by atoms with E-state index in [1.165, 1.54) is 0 Å². The predicted molar refractivity (Wildman–Crippen MR) is 57.0 cm³/mol. The van der Waals surface area contributed by atoms with Crippen molar-refractivity contribution in [2.75, 3.05) is 7.11 Å². The predicted octanol–water partition coefficient (Wildman–Crippen LogP) is 2.85. The summed E-state index contributed by atoms with van der Waals surface area (Å²) in [6.45, 7) is 3.93. The van der Waals surface area contributed by atoms with Crippen LogP contribution in [-0.4, -0.2) is 12.9 Å². The minimum absolute atomic E-state index is 0.183. The van der Waals surface area contributed by atoms with Gasteiger partial charge in [-0.25, -0.2) is 0 Å². The van der Waals surface area contributed by atoms with Crippen LogP contribution in [-0.2, 0) is 6.42 Å². The fraction of sp³-hybridized carbons (Fsp3) is 0.417. The highest BCUT2D eigenvalue weighted by molar-refractivity contribution is 5.96. The van der Waals surface area contributed by atoms with Crippen molar-refractivity contribution in [3.8, 4) is 5.75 Å². The molecular formula is C12H16O2. The Morgan fingerprint density at radius 2 is 2.07 bits per heavy atom. The summed E-state index contributed by atoms with van der Waals surface area (Å²) in [4.78, 5) is 11.4. The van der Waals surface area contributed by atoms with E-state index in [-0.39, 0.29) is 5.78 Å². The lowest BCUT2D eigenvalue weighted by Crippen LogP contribution is -1.99. The molecule has 1 rings (SSSR count). The van der Waals surface area contributed by atoms with E-state index in [0.717, 1.165) is 23.3 Å². The number of hydrogen-bond acceptors (Lipinski definition) is 2. The maximum Gasteiger partial charge on any atom is 0.162 e. The molecule has 0 fully saturated rings. The molecule has 76 valence electrons. The number of aryl methyl sites for hydroxylation is 1. The van der Waals surface area contributed by atoms with Gasteiger partial charge in [-0.3, -0.25) is 4.79 Å². The zero-order valence-electron chi connectivity index (χ0n) is 8.96. The highest BCUT2D eigenvalue weighted by Gasteiger charge is 2.06. The Labute approximate surface area is 84.9 Å². The van der Waals surface area contributed by atoms with Crippen LogP contribution in [0.4, 0.5) is 0 Å². The van der Waals surface area contributed by atoms with Crippen LogP contribution in [0.5, 0.6) is 5.75 Å². The summed E-state index contributed by atoms with van der Waals surface area (Å²) in [5, 5.41) is 0. The number of hydrogen-bond donors (Lipinski definition) is 0. The molecule has 0 unspecified atom stereocenters. The molecular weight excluding hydrogens is 176 g/mol. The van der Waals surface area contributed by atoms with Crippen molar-refractivity contribution in [2.45, 2.75) is 26.7 Å². The molecule has 2 nitrogen and oxygen atoms in total. The third-order valence-electron chi connectivity index (χ3n) is 2.30. The summed E-state index contributed by atoms with van der Waals surface area (Å²) in [7, 11) is 1.65. The fourth-order valence-electron chi connectivity index (χ4n) is 1.43. The molecule has 1 aromatic rings. The van der Waals surface area contributed by atoms with Crippen LogP contribution in [0.1, 0.15) is 36.2 Å². The van der Waals surface area contributed by atoms with Crippen LogP contribution < -0.4 is 4.74 Å². The van der Waals surface area contributed by atoms with Crippen molar-refractivity contribution >= 4 is 5.78 Å². The molecule has 0 aliphatic rings. The molecule has 0 aliphatic carbocycles. The van der Waals surface area contributed by atoms with Crippen molar-refractivity contribution in [2.24, 2.45) is 0 Å². The number of rotatable bonds is 4. The second-order valence-corrected chi connectivity index (χ2v) is 3.16. The highest BCUT2D eigenvalue weighted by atomic mass is 16.5. The zero-order chi connectivity index (χ0) is 10.6. The van der Waals surface area contributed by atoms with E-state index in [1.807, 2.05) is 25.1 Å². The quantitative estimate of drug-likeness (QED) is 0.686. The second-order valence-electron chi connectivity index (χ2n) is 3.16. The lowest BCUT2D eigenvalue weighted by Gasteiger charge is -2.07. The second kappa shape index (κ2) is 4.80. The monoisotopic (exact) mass is 192 g/mol. The molecule has 14 heavy (non-hydrogen) atoms. The number of ether oxygens (including phenoxy) is 1. The third-order valence-corrected chi connectivity index (χ3v) is 2.30. The molecule has 0 saturated carbocycles. The van der Waals surface area contributed by atoms with Gasteiger partial charge in [0.2, 0.25) is 0 Å². The first-order chi connectivity index (χ1) is 6.72. The van der Waals surface area contributed by atoms with Gasteiger partial charge in [0.25, 0.3) is 0 Å². The number of Topliss-reactive ketones (excluding diaryl/α,β-unsaturated/α-hetero) is 1. The van der Waals surface area contributed by atoms with Gasteiger partial charge in [-0.05, 0) is 30.2 Å². The largest absolute Gasteiger partial charge is 0.496 e. The molecule has 0 bridgehead atoms. The average molecular weight is 192 g/mol. The number of benzene rings is 1. The smallest absolute Gasteiger partial charge is 0.162 e. The normalized spacial score (nSPS) is 9.93. The first-order valence-electron chi connectivity index (χ1n) is 4.93. The number of carbonyl (C=O) groups is 1. The SMILES string of the molecule is CCC(=O)c1ccc(OC)c(CC)c1. The number of carbonyl (C=O) groups excluding carboxylic acids is 1. The molecule has 0 N–H and O–H groups in total. The minimum atomic E-state index is 0.183. The Balaban J connectivity index is 3.07. The van der Waals surface area contributed by atoms with Crippen LogP contribution in [0.15, 0.2) is 18.2 Å². The van der Waals surface area contributed by atoms with Gasteiger partial charge in [0.05, 0.1) is 7.11 Å². The van der Waals surface area contributed by atoms with E-state index in [1.54, 1.807) is 7.11 Å². The third kappa shape index (κ3) is 2.13. The van der Waals surface area contributed by atoms with Gasteiger partial charge in [0, 0.05) is 12.0 Å². The van der Waals surface area contributed by atoms with E-state index in [4.69, 9.17) is 4.74 Å². The van der Waals surface area contributed by atoms with Crippen LogP contribution in [0.3, 0.4) is 0 Å². The molecule has 1 aromatic carbocycles. The van der Waals surface area contributed by atoms with Crippen molar-refractivity contribution < 1.29 is 9.53 Å². The van der Waals surface area contributed by atoms with Crippen molar-refractivity contribution in [1.82, 2.24) is 0 Å². The van der Waals surface area contributed by atoms with Gasteiger partial charge >= 0.3 is 0 Å². The molecule has 0 spiro atoms. The zero-order valence-corrected chi connectivity index (χ0v) is 8.96.